The second kappa shape index (κ2) is 13.6. The van der Waals surface area contributed by atoms with Crippen LogP contribution in [0.15, 0.2) is 91.3 Å². The summed E-state index contributed by atoms with van der Waals surface area (Å²) in [6, 6.07) is 25.6. The van der Waals surface area contributed by atoms with E-state index in [9.17, 15) is 4.79 Å². The van der Waals surface area contributed by atoms with E-state index in [1.807, 2.05) is 12.1 Å². The van der Waals surface area contributed by atoms with Gasteiger partial charge in [0.05, 0.1) is 13.2 Å². The maximum Gasteiger partial charge on any atom is 0.244 e. The fraction of sp³-hybridized carbons (Fsp3) is 0.333. The zero-order chi connectivity index (χ0) is 24.1. The average Bonchev–Trinajstić information content (AvgIpc) is 2.92. The van der Waals surface area contributed by atoms with E-state index in [-0.39, 0.29) is 5.91 Å². The van der Waals surface area contributed by atoms with Crippen molar-refractivity contribution in [2.45, 2.75) is 18.8 Å². The molecule has 0 radical (unpaired) electrons. The molecule has 3 aromatic rings. The summed E-state index contributed by atoms with van der Waals surface area (Å²) in [6.07, 6.45) is 9.09. The molecule has 0 spiro atoms. The number of benzene rings is 2. The molecule has 0 bridgehead atoms. The van der Waals surface area contributed by atoms with Crippen molar-refractivity contribution in [2.24, 2.45) is 5.92 Å². The van der Waals surface area contributed by atoms with Crippen LogP contribution < -0.4 is 5.32 Å². The Bertz CT molecular complexity index is 993. The number of piperidine rings is 1. The summed E-state index contributed by atoms with van der Waals surface area (Å²) in [5.74, 6) is 0.976. The van der Waals surface area contributed by atoms with Crippen molar-refractivity contribution < 1.29 is 9.53 Å². The Labute approximate surface area is 208 Å². The molecule has 0 unspecified atom stereocenters. The molecule has 1 aliphatic heterocycles. The molecule has 2 aromatic carbocycles. The van der Waals surface area contributed by atoms with E-state index in [4.69, 9.17) is 4.74 Å². The number of pyridine rings is 1. The Kier molecular flexibility index (Phi) is 9.63. The molecule has 0 saturated carbocycles. The largest absolute Gasteiger partial charge is 0.378 e. The second-order valence-corrected chi connectivity index (χ2v) is 9.00. The highest BCUT2D eigenvalue weighted by Gasteiger charge is 2.28. The SMILES string of the molecule is O=C(C=Cc1cccnc1)NCCOCCN1CCC(C(c2ccccc2)c2ccccc2)CC1. The van der Waals surface area contributed by atoms with E-state index >= 15 is 0 Å². The Morgan fingerprint density at radius 1 is 0.971 bits per heavy atom. The first-order valence-electron chi connectivity index (χ1n) is 12.6. The van der Waals surface area contributed by atoms with Crippen LogP contribution >= 0.6 is 0 Å². The number of hydrogen-bond donors (Lipinski definition) is 1. The quantitative estimate of drug-likeness (QED) is 0.325. The van der Waals surface area contributed by atoms with Gasteiger partial charge in [0, 0.05) is 37.5 Å². The Balaban J connectivity index is 1.14. The van der Waals surface area contributed by atoms with Gasteiger partial charge < -0.3 is 15.0 Å². The standard InChI is InChI=1S/C30H35N3O2/c34-29(14-13-25-8-7-17-31-24-25)32-18-22-35-23-21-33-19-15-28(16-20-33)30(26-9-3-1-4-10-26)27-11-5-2-6-12-27/h1-14,17,24,28,30H,15-16,18-23H2,(H,32,34). The lowest BCUT2D eigenvalue weighted by Crippen LogP contribution is -2.38. The Morgan fingerprint density at radius 3 is 2.29 bits per heavy atom. The van der Waals surface area contributed by atoms with Crippen molar-refractivity contribution in [1.82, 2.24) is 15.2 Å². The minimum Gasteiger partial charge on any atom is -0.378 e. The molecule has 1 N–H and O–H groups in total. The van der Waals surface area contributed by atoms with Crippen LogP contribution in [-0.4, -0.2) is 55.2 Å². The number of carbonyl (C=O) groups is 1. The van der Waals surface area contributed by atoms with Crippen molar-refractivity contribution in [3.05, 3.63) is 108 Å². The topological polar surface area (TPSA) is 54.5 Å². The fourth-order valence-electron chi connectivity index (χ4n) is 4.81. The smallest absolute Gasteiger partial charge is 0.244 e. The molecule has 1 aliphatic rings. The summed E-state index contributed by atoms with van der Waals surface area (Å²) >= 11 is 0. The predicted molar refractivity (Wildman–Crippen MR) is 141 cm³/mol. The van der Waals surface area contributed by atoms with E-state index in [2.05, 4.69) is 75.9 Å². The lowest BCUT2D eigenvalue weighted by atomic mass is 9.76. The van der Waals surface area contributed by atoms with Crippen LogP contribution in [0.4, 0.5) is 0 Å². The van der Waals surface area contributed by atoms with Crippen LogP contribution in [0.2, 0.25) is 0 Å². The van der Waals surface area contributed by atoms with Crippen LogP contribution in [0.5, 0.6) is 0 Å². The van der Waals surface area contributed by atoms with Gasteiger partial charge in [-0.05, 0) is 60.7 Å². The van der Waals surface area contributed by atoms with Crippen LogP contribution in [0.3, 0.4) is 0 Å². The number of amides is 1. The molecule has 1 saturated heterocycles. The molecule has 5 heteroatoms. The second-order valence-electron chi connectivity index (χ2n) is 9.00. The summed E-state index contributed by atoms with van der Waals surface area (Å²) in [5, 5.41) is 2.86. The van der Waals surface area contributed by atoms with Gasteiger partial charge in [-0.3, -0.25) is 9.78 Å². The van der Waals surface area contributed by atoms with E-state index in [1.165, 1.54) is 30.0 Å². The van der Waals surface area contributed by atoms with E-state index in [1.54, 1.807) is 18.5 Å². The monoisotopic (exact) mass is 469 g/mol. The molecule has 1 fully saturated rings. The minimum absolute atomic E-state index is 0.120. The first-order chi connectivity index (χ1) is 17.3. The van der Waals surface area contributed by atoms with Gasteiger partial charge in [0.2, 0.25) is 5.91 Å². The third-order valence-electron chi connectivity index (χ3n) is 6.63. The summed E-state index contributed by atoms with van der Waals surface area (Å²) < 4.78 is 5.77. The molecule has 0 aliphatic carbocycles. The van der Waals surface area contributed by atoms with Crippen LogP contribution in [0.1, 0.15) is 35.4 Å². The van der Waals surface area contributed by atoms with Gasteiger partial charge in [0.15, 0.2) is 0 Å². The number of ether oxygens (including phenoxy) is 1. The van der Waals surface area contributed by atoms with Gasteiger partial charge in [-0.25, -0.2) is 0 Å². The van der Waals surface area contributed by atoms with Crippen LogP contribution in [0.25, 0.3) is 6.08 Å². The summed E-state index contributed by atoms with van der Waals surface area (Å²) in [4.78, 5) is 18.4. The highest BCUT2D eigenvalue weighted by Crippen LogP contribution is 2.37. The summed E-state index contributed by atoms with van der Waals surface area (Å²) in [5.41, 5.74) is 3.73. The molecule has 5 nitrogen and oxygen atoms in total. The van der Waals surface area contributed by atoms with Gasteiger partial charge in [-0.2, -0.15) is 0 Å². The highest BCUT2D eigenvalue weighted by molar-refractivity contribution is 5.91. The first-order valence-corrected chi connectivity index (χ1v) is 12.6. The lowest BCUT2D eigenvalue weighted by molar-refractivity contribution is -0.116. The van der Waals surface area contributed by atoms with Crippen molar-refractivity contribution in [3.63, 3.8) is 0 Å². The van der Waals surface area contributed by atoms with E-state index < -0.39 is 0 Å². The number of nitrogens with one attached hydrogen (secondary N) is 1. The van der Waals surface area contributed by atoms with Gasteiger partial charge >= 0.3 is 0 Å². The number of aromatic nitrogens is 1. The molecule has 2 heterocycles. The maximum atomic E-state index is 11.9. The summed E-state index contributed by atoms with van der Waals surface area (Å²) in [6.45, 7) is 4.84. The van der Waals surface area contributed by atoms with Gasteiger partial charge in [0.1, 0.15) is 0 Å². The zero-order valence-corrected chi connectivity index (χ0v) is 20.3. The number of nitrogens with zero attached hydrogens (tertiary/aromatic N) is 2. The molecular weight excluding hydrogens is 434 g/mol. The molecule has 182 valence electrons. The predicted octanol–water partition coefficient (Wildman–Crippen LogP) is 4.77. The number of rotatable bonds is 11. The highest BCUT2D eigenvalue weighted by atomic mass is 16.5. The number of hydrogen-bond acceptors (Lipinski definition) is 4. The van der Waals surface area contributed by atoms with Crippen molar-refractivity contribution in [2.75, 3.05) is 39.4 Å². The molecule has 1 amide bonds. The normalized spacial score (nSPS) is 15.0. The average molecular weight is 470 g/mol. The number of likely N-dealkylation sites (tertiary alicyclic amines) is 1. The van der Waals surface area contributed by atoms with Gasteiger partial charge in [0.25, 0.3) is 0 Å². The first kappa shape index (κ1) is 24.8. The third-order valence-corrected chi connectivity index (χ3v) is 6.63. The van der Waals surface area contributed by atoms with Crippen molar-refractivity contribution >= 4 is 12.0 Å². The van der Waals surface area contributed by atoms with Crippen LogP contribution in [-0.2, 0) is 9.53 Å². The Hall–Kier alpha value is -3.28. The lowest BCUT2D eigenvalue weighted by Gasteiger charge is -2.36. The van der Waals surface area contributed by atoms with E-state index in [0.29, 0.717) is 31.6 Å². The van der Waals surface area contributed by atoms with Crippen LogP contribution in [0, 0.1) is 5.92 Å². The number of carbonyl (C=O) groups excluding carboxylic acids is 1. The molecule has 35 heavy (non-hydrogen) atoms. The zero-order valence-electron chi connectivity index (χ0n) is 20.3. The van der Waals surface area contributed by atoms with E-state index in [0.717, 1.165) is 25.2 Å². The van der Waals surface area contributed by atoms with Crippen molar-refractivity contribution in [3.8, 4) is 0 Å². The summed E-state index contributed by atoms with van der Waals surface area (Å²) in [7, 11) is 0. The molecule has 1 aromatic heterocycles. The molecule has 0 atom stereocenters. The third kappa shape index (κ3) is 7.88. The minimum atomic E-state index is -0.120. The van der Waals surface area contributed by atoms with Crippen molar-refractivity contribution in [1.29, 1.82) is 0 Å². The van der Waals surface area contributed by atoms with Gasteiger partial charge in [-0.15, -0.1) is 0 Å². The molecule has 4 rings (SSSR count). The van der Waals surface area contributed by atoms with Gasteiger partial charge in [-0.1, -0.05) is 66.7 Å². The Morgan fingerprint density at radius 2 is 1.66 bits per heavy atom. The maximum absolute atomic E-state index is 11.9. The molecular formula is C30H35N3O2. The fourth-order valence-corrected chi connectivity index (χ4v) is 4.81.